The lowest BCUT2D eigenvalue weighted by Gasteiger charge is -1.94. The Morgan fingerprint density at radius 3 is 1.93 bits per heavy atom. The van der Waals surface area contributed by atoms with Gasteiger partial charge in [-0.1, -0.05) is 11.6 Å². The molecular formula is C22H13ClF2N4. The Balaban J connectivity index is 0.000000125. The number of hydrogen-bond acceptors (Lipinski definition) is 2. The zero-order valence-corrected chi connectivity index (χ0v) is 15.6. The van der Waals surface area contributed by atoms with Gasteiger partial charge in [-0.3, -0.25) is 9.97 Å². The minimum atomic E-state index is -0.413. The molecule has 0 saturated heterocycles. The summed E-state index contributed by atoms with van der Waals surface area (Å²) in [7, 11) is 0. The van der Waals surface area contributed by atoms with Crippen LogP contribution in [0.5, 0.6) is 0 Å². The summed E-state index contributed by atoms with van der Waals surface area (Å²) >= 11 is 5.74. The Morgan fingerprint density at radius 2 is 1.24 bits per heavy atom. The van der Waals surface area contributed by atoms with Gasteiger partial charge in [0.05, 0.1) is 28.4 Å². The summed E-state index contributed by atoms with van der Waals surface area (Å²) in [6.07, 6.45) is 6.89. The normalized spacial score (nSPS) is 11.3. The van der Waals surface area contributed by atoms with Gasteiger partial charge in [0.25, 0.3) is 0 Å². The molecule has 0 aliphatic heterocycles. The summed E-state index contributed by atoms with van der Waals surface area (Å²) < 4.78 is 26.1. The summed E-state index contributed by atoms with van der Waals surface area (Å²) in [6, 6.07) is 11.6. The van der Waals surface area contributed by atoms with Crippen LogP contribution < -0.4 is 0 Å². The van der Waals surface area contributed by atoms with Gasteiger partial charge >= 0.3 is 0 Å². The molecule has 2 N–H and O–H groups in total. The molecule has 0 unspecified atom stereocenters. The van der Waals surface area contributed by atoms with Crippen molar-refractivity contribution in [2.45, 2.75) is 0 Å². The average molecular weight is 407 g/mol. The number of rotatable bonds is 0. The zero-order valence-electron chi connectivity index (χ0n) is 14.9. The molecule has 6 aromatic rings. The fourth-order valence-corrected chi connectivity index (χ4v) is 3.64. The van der Waals surface area contributed by atoms with Crippen LogP contribution in [0.2, 0.25) is 5.02 Å². The highest BCUT2D eigenvalue weighted by molar-refractivity contribution is 6.32. The highest BCUT2D eigenvalue weighted by Crippen LogP contribution is 2.29. The van der Waals surface area contributed by atoms with Crippen molar-refractivity contribution in [3.05, 3.63) is 83.9 Å². The van der Waals surface area contributed by atoms with Gasteiger partial charge in [-0.25, -0.2) is 8.78 Å². The third-order valence-corrected chi connectivity index (χ3v) is 5.09. The van der Waals surface area contributed by atoms with E-state index in [9.17, 15) is 8.78 Å². The van der Waals surface area contributed by atoms with Crippen LogP contribution in [-0.2, 0) is 0 Å². The first kappa shape index (κ1) is 17.6. The third-order valence-electron chi connectivity index (χ3n) is 4.80. The Labute approximate surface area is 168 Å². The van der Waals surface area contributed by atoms with Gasteiger partial charge in [0.2, 0.25) is 0 Å². The molecule has 0 spiro atoms. The number of benzene rings is 2. The quantitative estimate of drug-likeness (QED) is 0.308. The van der Waals surface area contributed by atoms with Gasteiger partial charge in [-0.05, 0) is 42.5 Å². The molecule has 0 saturated carbocycles. The number of pyridine rings is 2. The summed E-state index contributed by atoms with van der Waals surface area (Å²) in [5, 5.41) is 4.17. The van der Waals surface area contributed by atoms with Crippen molar-refractivity contribution in [1.29, 1.82) is 0 Å². The molecule has 4 nitrogen and oxygen atoms in total. The number of nitrogens with zero attached hydrogens (tertiary/aromatic N) is 2. The van der Waals surface area contributed by atoms with Gasteiger partial charge in [-0.2, -0.15) is 0 Å². The average Bonchev–Trinajstić information content (AvgIpc) is 3.26. The molecule has 2 aromatic carbocycles. The minimum Gasteiger partial charge on any atom is -0.353 e. The van der Waals surface area contributed by atoms with Crippen LogP contribution in [0.3, 0.4) is 0 Å². The fourth-order valence-electron chi connectivity index (χ4n) is 3.48. The summed E-state index contributed by atoms with van der Waals surface area (Å²) in [6.45, 7) is 0. The Bertz CT molecular complexity index is 1500. The van der Waals surface area contributed by atoms with E-state index in [1.807, 2.05) is 12.1 Å². The number of aromatic amines is 2. The largest absolute Gasteiger partial charge is 0.353 e. The van der Waals surface area contributed by atoms with Crippen LogP contribution in [-0.4, -0.2) is 19.9 Å². The van der Waals surface area contributed by atoms with Crippen LogP contribution in [0.4, 0.5) is 8.78 Å². The van der Waals surface area contributed by atoms with Crippen molar-refractivity contribution >= 4 is 55.2 Å². The summed E-state index contributed by atoms with van der Waals surface area (Å²) in [5.74, 6) is -0.638. The lowest BCUT2D eigenvalue weighted by atomic mass is 10.2. The van der Waals surface area contributed by atoms with Crippen molar-refractivity contribution in [1.82, 2.24) is 19.9 Å². The summed E-state index contributed by atoms with van der Waals surface area (Å²) in [5.41, 5.74) is 3.37. The Hall–Kier alpha value is -3.51. The second-order valence-corrected chi connectivity index (χ2v) is 7.00. The van der Waals surface area contributed by atoms with E-state index < -0.39 is 5.82 Å². The molecule has 0 aliphatic carbocycles. The molecule has 0 fully saturated rings. The van der Waals surface area contributed by atoms with Gasteiger partial charge < -0.3 is 9.97 Å². The molecule has 4 aromatic heterocycles. The van der Waals surface area contributed by atoms with Gasteiger partial charge in [-0.15, -0.1) is 0 Å². The molecule has 0 atom stereocenters. The van der Waals surface area contributed by atoms with E-state index in [0.717, 1.165) is 43.6 Å². The van der Waals surface area contributed by atoms with E-state index in [4.69, 9.17) is 11.6 Å². The van der Waals surface area contributed by atoms with Crippen molar-refractivity contribution < 1.29 is 8.78 Å². The van der Waals surface area contributed by atoms with Crippen LogP contribution >= 0.6 is 11.6 Å². The molecule has 29 heavy (non-hydrogen) atoms. The maximum Gasteiger partial charge on any atom is 0.143 e. The predicted octanol–water partition coefficient (Wildman–Crippen LogP) is 6.36. The molecule has 7 heteroatoms. The Kier molecular flexibility index (Phi) is 4.14. The highest BCUT2D eigenvalue weighted by atomic mass is 35.5. The predicted molar refractivity (Wildman–Crippen MR) is 112 cm³/mol. The number of H-pyrrole nitrogens is 2. The zero-order chi connectivity index (χ0) is 20.0. The Morgan fingerprint density at radius 1 is 0.655 bits per heavy atom. The number of aromatic nitrogens is 4. The number of nitrogens with one attached hydrogen (secondary N) is 2. The lowest BCUT2D eigenvalue weighted by molar-refractivity contribution is 0.629. The molecule has 142 valence electrons. The van der Waals surface area contributed by atoms with Crippen LogP contribution in [0.15, 0.2) is 67.3 Å². The standard InChI is InChI=1S/C11H6ClFN2.C11H7FN2/c12-8-3-7-6-1-2-14-5-11(6)15-10(7)4-9(8)13;12-7-1-2-8-9-3-4-13-6-11(9)14-10(8)5-7/h1-5,15H;1-6,14H. The van der Waals surface area contributed by atoms with Crippen LogP contribution in [0.25, 0.3) is 43.6 Å². The maximum absolute atomic E-state index is 13.2. The van der Waals surface area contributed by atoms with Crippen LogP contribution in [0.1, 0.15) is 0 Å². The smallest absolute Gasteiger partial charge is 0.143 e. The maximum atomic E-state index is 13.2. The van der Waals surface area contributed by atoms with E-state index in [1.54, 1.807) is 36.9 Å². The second kappa shape index (κ2) is 6.83. The van der Waals surface area contributed by atoms with Crippen LogP contribution in [0, 0.1) is 11.6 Å². The number of halogens is 3. The molecular weight excluding hydrogens is 394 g/mol. The van der Waals surface area contributed by atoms with E-state index >= 15 is 0 Å². The molecule has 0 bridgehead atoms. The SMILES string of the molecule is Fc1cc2[nH]c3cnccc3c2cc1Cl.Fc1ccc2c(c1)[nH]c1cnccc12. The van der Waals surface area contributed by atoms with Gasteiger partial charge in [0.1, 0.15) is 11.6 Å². The monoisotopic (exact) mass is 406 g/mol. The molecule has 0 aliphatic rings. The second-order valence-electron chi connectivity index (χ2n) is 6.59. The minimum absolute atomic E-state index is 0.139. The van der Waals surface area contributed by atoms with E-state index in [2.05, 4.69) is 19.9 Å². The first-order valence-corrected chi connectivity index (χ1v) is 9.19. The topological polar surface area (TPSA) is 57.4 Å². The number of fused-ring (bicyclic) bond motifs is 6. The highest BCUT2D eigenvalue weighted by Gasteiger charge is 2.08. The molecule has 6 rings (SSSR count). The molecule has 0 radical (unpaired) electrons. The van der Waals surface area contributed by atoms with Gasteiger partial charge in [0, 0.05) is 45.0 Å². The van der Waals surface area contributed by atoms with Crippen molar-refractivity contribution in [2.24, 2.45) is 0 Å². The van der Waals surface area contributed by atoms with Gasteiger partial charge in [0.15, 0.2) is 0 Å². The van der Waals surface area contributed by atoms with Crippen molar-refractivity contribution in [3.63, 3.8) is 0 Å². The first-order chi connectivity index (χ1) is 14.1. The van der Waals surface area contributed by atoms with E-state index in [0.29, 0.717) is 0 Å². The first-order valence-electron chi connectivity index (χ1n) is 8.81. The van der Waals surface area contributed by atoms with E-state index in [1.165, 1.54) is 18.2 Å². The van der Waals surface area contributed by atoms with E-state index in [-0.39, 0.29) is 10.8 Å². The number of hydrogen-bond donors (Lipinski definition) is 2. The van der Waals surface area contributed by atoms with Crippen molar-refractivity contribution in [2.75, 3.05) is 0 Å². The fraction of sp³-hybridized carbons (Fsp3) is 0. The third kappa shape index (κ3) is 3.07. The molecule has 4 heterocycles. The van der Waals surface area contributed by atoms with Crippen molar-refractivity contribution in [3.8, 4) is 0 Å². The summed E-state index contributed by atoms with van der Waals surface area (Å²) in [4.78, 5) is 14.2. The molecule has 0 amide bonds. The lowest BCUT2D eigenvalue weighted by Crippen LogP contribution is -1.76.